The molecule has 5 N–H and O–H groups in total. The summed E-state index contributed by atoms with van der Waals surface area (Å²) >= 11 is 0. The molecule has 3 aliphatic rings. The van der Waals surface area contributed by atoms with E-state index in [1.807, 2.05) is 10.6 Å². The lowest BCUT2D eigenvalue weighted by atomic mass is 9.82. The van der Waals surface area contributed by atoms with Crippen molar-refractivity contribution < 1.29 is 73.6 Å². The van der Waals surface area contributed by atoms with E-state index in [-0.39, 0.29) is 17.4 Å². The number of hydrogen-bond donors (Lipinski definition) is 5. The smallest absolute Gasteiger partial charge is 0.407 e. The van der Waals surface area contributed by atoms with Gasteiger partial charge in [0.2, 0.25) is 11.9 Å². The number of nitrogens with zero attached hydrogens (tertiary/aromatic N) is 7. The van der Waals surface area contributed by atoms with Crippen LogP contribution >= 0.6 is 0 Å². The van der Waals surface area contributed by atoms with Crippen molar-refractivity contribution in [2.24, 2.45) is 10.8 Å². The molecule has 0 aliphatic carbocycles. The Labute approximate surface area is 442 Å². The zero-order valence-electron chi connectivity index (χ0n) is 43.0. The van der Waals surface area contributed by atoms with Gasteiger partial charge < -0.3 is 40.2 Å². The number of ether oxygens (including phenoxy) is 3. The second kappa shape index (κ2) is 23.8. The minimum Gasteiger partial charge on any atom is -0.453 e. The Balaban J connectivity index is 1.18. The number of aromatic nitrogens is 4. The predicted octanol–water partition coefficient (Wildman–Crippen LogP) is 4.82. The molecule has 4 aromatic rings. The monoisotopic (exact) mass is 1100 g/mol. The number of hydrogen-bond acceptors (Lipinski definition) is 15. The van der Waals surface area contributed by atoms with E-state index in [0.29, 0.717) is 67.4 Å². The lowest BCUT2D eigenvalue weighted by Gasteiger charge is -2.42. The van der Waals surface area contributed by atoms with Crippen molar-refractivity contribution in [3.05, 3.63) is 101 Å². The summed E-state index contributed by atoms with van der Waals surface area (Å²) in [6.07, 6.45) is -8.98. The van der Waals surface area contributed by atoms with Crippen LogP contribution in [0.15, 0.2) is 67.3 Å². The number of alkyl halides is 6. The molecule has 0 spiro atoms. The van der Waals surface area contributed by atoms with Crippen LogP contribution in [-0.2, 0) is 36.8 Å². The average molecular weight is 1100 g/mol. The van der Waals surface area contributed by atoms with Gasteiger partial charge in [-0.2, -0.15) is 26.3 Å². The number of amides is 4. The first-order chi connectivity index (χ1) is 36.7. The van der Waals surface area contributed by atoms with Crippen molar-refractivity contribution >= 4 is 29.9 Å². The van der Waals surface area contributed by atoms with Crippen LogP contribution in [0.2, 0.25) is 0 Å². The molecule has 420 valence electrons. The molecule has 5 heterocycles. The van der Waals surface area contributed by atoms with Gasteiger partial charge in [-0.3, -0.25) is 19.9 Å². The summed E-state index contributed by atoms with van der Waals surface area (Å²) in [4.78, 5) is 74.5. The minimum absolute atomic E-state index is 0.100. The molecule has 6 atom stereocenters. The molecule has 0 saturated carbocycles. The normalized spacial score (nSPS) is 18.4. The van der Waals surface area contributed by atoms with E-state index in [4.69, 9.17) is 4.74 Å². The fraction of sp³-hybridized carbons (Fsp3) is 0.490. The van der Waals surface area contributed by atoms with Gasteiger partial charge in [0.25, 0.3) is 5.91 Å². The molecule has 4 amide bonds. The molecule has 2 bridgehead atoms. The van der Waals surface area contributed by atoms with E-state index in [9.17, 15) is 50.6 Å². The summed E-state index contributed by atoms with van der Waals surface area (Å²) in [5.41, 5.74) is -3.71. The summed E-state index contributed by atoms with van der Waals surface area (Å²) in [5.74, 6) is 0.754. The zero-order valence-corrected chi connectivity index (χ0v) is 43.0. The van der Waals surface area contributed by atoms with Crippen LogP contribution in [0.1, 0.15) is 56.4 Å². The van der Waals surface area contributed by atoms with Gasteiger partial charge in [-0.15, -0.1) is 0 Å². The molecule has 2 aromatic carbocycles. The topological polar surface area (TPSA) is 226 Å². The minimum atomic E-state index is -5.19. The molecular formula is C51H57F8N11O8. The number of nitrogens with one attached hydrogen (secondary N) is 4. The second-order valence-corrected chi connectivity index (χ2v) is 20.1. The Morgan fingerprint density at radius 1 is 0.769 bits per heavy atom. The van der Waals surface area contributed by atoms with Crippen LogP contribution in [0.3, 0.4) is 0 Å². The Morgan fingerprint density at radius 2 is 1.32 bits per heavy atom. The fourth-order valence-corrected chi connectivity index (χ4v) is 9.08. The van der Waals surface area contributed by atoms with Crippen molar-refractivity contribution in [2.45, 2.75) is 102 Å². The van der Waals surface area contributed by atoms with E-state index >= 15 is 8.78 Å². The third kappa shape index (κ3) is 13.3. The number of halogens is 8. The molecule has 2 aromatic heterocycles. The number of carbonyl (C=O) groups excluding carboxylic acids is 4. The SMILES string of the molecule is COC(=O)NC(C(=O)N[C@@H](Cc1ccc(C#Cc2cnc(N3CC4C[C@@H]3CN4C3COC3)nc2)cc1)[C@@H](O)CN(Cc1c(F)cc(-c2ncccn2)cc1F)NC(=O)[C@@H](NC(=O)OC)C(C)(C)C(F)(F)F)C(C)(C)C(F)(F)F. The quantitative estimate of drug-likeness (QED) is 0.0512. The number of likely N-dealkylation sites (tertiary alicyclic amines) is 1. The van der Waals surface area contributed by atoms with Crippen LogP contribution in [0.25, 0.3) is 11.4 Å². The van der Waals surface area contributed by atoms with Crippen LogP contribution in [0.5, 0.6) is 0 Å². The van der Waals surface area contributed by atoms with Gasteiger partial charge in [-0.25, -0.2) is 43.3 Å². The van der Waals surface area contributed by atoms with Crippen molar-refractivity contribution in [3.8, 4) is 23.2 Å². The Hall–Kier alpha value is -7.28. The van der Waals surface area contributed by atoms with Crippen molar-refractivity contribution in [2.75, 3.05) is 52.0 Å². The first-order valence-electron chi connectivity index (χ1n) is 24.3. The first kappa shape index (κ1) is 58.4. The number of piperazine rings is 1. The van der Waals surface area contributed by atoms with Gasteiger partial charge in [-0.05, 0) is 76.4 Å². The van der Waals surface area contributed by atoms with E-state index < -0.39 is 108 Å². The summed E-state index contributed by atoms with van der Waals surface area (Å²) in [5, 5.41) is 18.6. The second-order valence-electron chi connectivity index (χ2n) is 20.1. The van der Waals surface area contributed by atoms with E-state index in [1.165, 1.54) is 30.6 Å². The summed E-state index contributed by atoms with van der Waals surface area (Å²) in [7, 11) is 1.65. The molecule has 7 rings (SSSR count). The van der Waals surface area contributed by atoms with Crippen LogP contribution < -0.4 is 26.3 Å². The number of rotatable bonds is 18. The molecular weight excluding hydrogens is 1050 g/mol. The molecule has 0 radical (unpaired) electrons. The number of carbonyl (C=O) groups is 4. The molecule has 3 saturated heterocycles. The number of methoxy groups -OCH3 is 2. The maximum Gasteiger partial charge on any atom is 0.407 e. The summed E-state index contributed by atoms with van der Waals surface area (Å²) in [6, 6.07) is 3.67. The molecule has 3 fully saturated rings. The number of alkyl carbamates (subject to hydrolysis) is 2. The van der Waals surface area contributed by atoms with Crippen molar-refractivity contribution in [1.82, 2.24) is 51.2 Å². The Morgan fingerprint density at radius 3 is 1.82 bits per heavy atom. The van der Waals surface area contributed by atoms with Gasteiger partial charge in [0.05, 0.1) is 62.0 Å². The standard InChI is InChI=1S/C51H57F8N11O8/c1-48(2,50(54,55)56)40(65-46(74)76-5)43(72)64-38(16-29-11-8-28(9-12-29)10-13-30-20-62-45(63-21-30)70-23-32-19-33(70)22-69(32)34-26-78-27-34)39(71)25-68(67-44(73)41(66-47(75)77-6)49(3,4)51(57,58)59)24-35-36(52)17-31(18-37(35)53)42-60-14-7-15-61-42/h7-9,11-12,14-15,17-18,20-21,32-34,38-41,71H,16,19,22-27H2,1-6H3,(H,64,72)(H,65,74)(H,66,75)(H,67,73)/t32?,33-,38+,39+,40?,41-/m1/s1. The van der Waals surface area contributed by atoms with Crippen LogP contribution in [0, 0.1) is 34.3 Å². The highest BCUT2D eigenvalue weighted by molar-refractivity contribution is 5.87. The molecule has 3 aliphatic heterocycles. The predicted molar refractivity (Wildman–Crippen MR) is 261 cm³/mol. The first-order valence-corrected chi connectivity index (χ1v) is 24.3. The number of fused-ring (bicyclic) bond motifs is 2. The van der Waals surface area contributed by atoms with Gasteiger partial charge in [0, 0.05) is 79.7 Å². The Bertz CT molecular complexity index is 2830. The van der Waals surface area contributed by atoms with E-state index in [2.05, 4.69) is 61.8 Å². The number of anilines is 1. The summed E-state index contributed by atoms with van der Waals surface area (Å²) < 4.78 is 133. The lowest BCUT2D eigenvalue weighted by molar-refractivity contribution is -0.221. The maximum absolute atomic E-state index is 16.0. The number of benzene rings is 2. The average Bonchev–Trinajstić information content (AvgIpc) is 4.02. The van der Waals surface area contributed by atoms with Crippen LogP contribution in [0.4, 0.5) is 50.7 Å². The highest BCUT2D eigenvalue weighted by Gasteiger charge is 2.57. The zero-order chi connectivity index (χ0) is 56.9. The third-order valence-corrected chi connectivity index (χ3v) is 14.1. The number of aliphatic hydroxyl groups excluding tert-OH is 1. The number of hydrazine groups is 1. The van der Waals surface area contributed by atoms with Gasteiger partial charge in [0.15, 0.2) is 5.82 Å². The van der Waals surface area contributed by atoms with Crippen molar-refractivity contribution in [1.29, 1.82) is 0 Å². The number of aliphatic hydroxyl groups is 1. The molecule has 2 unspecified atom stereocenters. The fourth-order valence-electron chi connectivity index (χ4n) is 9.08. The Kier molecular flexibility index (Phi) is 17.8. The van der Waals surface area contributed by atoms with E-state index in [1.54, 1.807) is 24.5 Å². The highest BCUT2D eigenvalue weighted by Crippen LogP contribution is 2.42. The van der Waals surface area contributed by atoms with Gasteiger partial charge in [0.1, 0.15) is 23.7 Å². The largest absolute Gasteiger partial charge is 0.453 e. The molecule has 27 heteroatoms. The highest BCUT2D eigenvalue weighted by atomic mass is 19.4. The lowest BCUT2D eigenvalue weighted by Crippen LogP contribution is -2.63. The third-order valence-electron chi connectivity index (χ3n) is 14.1. The van der Waals surface area contributed by atoms with Crippen LogP contribution in [-0.4, -0.2) is 161 Å². The molecule has 78 heavy (non-hydrogen) atoms. The van der Waals surface area contributed by atoms with E-state index in [0.717, 1.165) is 59.1 Å². The van der Waals surface area contributed by atoms with Gasteiger partial charge in [-0.1, -0.05) is 24.0 Å². The van der Waals surface area contributed by atoms with Crippen molar-refractivity contribution in [3.63, 3.8) is 0 Å². The van der Waals surface area contributed by atoms with Gasteiger partial charge >= 0.3 is 24.5 Å². The summed E-state index contributed by atoms with van der Waals surface area (Å²) in [6.45, 7) is 3.45. The maximum atomic E-state index is 16.0. The molecule has 19 nitrogen and oxygen atoms in total.